The lowest BCUT2D eigenvalue weighted by molar-refractivity contribution is -0.253. The standard InChI is InChI=1S/C32H27ClN4O6/c1-19-25(9-5-6-20-10-13-23(14-11-20)35(2)3)30(38)36(27-17-22(32(40)41)12-15-26(27)33)29-28(19)31(39)37(34-29)24-8-4-7-21(16-24)18-43-42/h4-17,42H,18H2,1-3H3,(H,40,41)/b6-5+,25-9+. The number of hydrogen-bond donors (Lipinski definition) is 2. The van der Waals surface area contributed by atoms with E-state index in [9.17, 15) is 19.5 Å². The van der Waals surface area contributed by atoms with Gasteiger partial charge < -0.3 is 10.0 Å². The minimum atomic E-state index is -1.21. The smallest absolute Gasteiger partial charge is 0.335 e. The van der Waals surface area contributed by atoms with Gasteiger partial charge in [0.05, 0.1) is 27.5 Å². The van der Waals surface area contributed by atoms with Gasteiger partial charge in [-0.05, 0) is 72.2 Å². The number of aromatic nitrogens is 1. The predicted octanol–water partition coefficient (Wildman–Crippen LogP) is 4.24. The van der Waals surface area contributed by atoms with Crippen molar-refractivity contribution in [3.8, 4) is 5.69 Å². The number of halogens is 1. The first-order valence-corrected chi connectivity index (χ1v) is 13.5. The lowest BCUT2D eigenvalue weighted by Crippen LogP contribution is -2.45. The van der Waals surface area contributed by atoms with Crippen LogP contribution in [0.4, 0.5) is 11.4 Å². The summed E-state index contributed by atoms with van der Waals surface area (Å²) in [5.74, 6) is -1.70. The number of amides is 1. The Bertz CT molecular complexity index is 1970. The molecule has 0 fully saturated rings. The largest absolute Gasteiger partial charge is 0.478 e. The molecule has 1 aliphatic heterocycles. The Labute approximate surface area is 251 Å². The molecule has 0 aliphatic carbocycles. The molecule has 1 aliphatic rings. The van der Waals surface area contributed by atoms with Crippen LogP contribution >= 0.6 is 11.6 Å². The van der Waals surface area contributed by atoms with E-state index in [2.05, 4.69) is 9.99 Å². The summed E-state index contributed by atoms with van der Waals surface area (Å²) in [6.45, 7) is 1.56. The molecule has 4 aromatic rings. The molecule has 5 rings (SSSR count). The molecule has 10 nitrogen and oxygen atoms in total. The highest BCUT2D eigenvalue weighted by Gasteiger charge is 2.31. The maximum Gasteiger partial charge on any atom is 0.335 e. The summed E-state index contributed by atoms with van der Waals surface area (Å²) in [5.41, 5.74) is 2.94. The molecule has 2 heterocycles. The van der Waals surface area contributed by atoms with Crippen molar-refractivity contribution in [1.82, 2.24) is 4.57 Å². The maximum absolute atomic E-state index is 14.1. The highest BCUT2D eigenvalue weighted by molar-refractivity contribution is 6.32. The molecule has 1 amide bonds. The number of pyridine rings is 1. The number of allylic oxidation sites excluding steroid dienone is 1. The molecule has 0 atom stereocenters. The van der Waals surface area contributed by atoms with Crippen LogP contribution in [0, 0.1) is 6.92 Å². The molecule has 1 aromatic heterocycles. The Hall–Kier alpha value is -5.03. The summed E-state index contributed by atoms with van der Waals surface area (Å²) >= 11 is 6.51. The summed E-state index contributed by atoms with van der Waals surface area (Å²) in [4.78, 5) is 45.9. The van der Waals surface area contributed by atoms with Gasteiger partial charge in [-0.15, -0.1) is 5.10 Å². The highest BCUT2D eigenvalue weighted by Crippen LogP contribution is 2.24. The number of hydrogen-bond acceptors (Lipinski definition) is 7. The second kappa shape index (κ2) is 12.1. The molecule has 0 saturated heterocycles. The van der Waals surface area contributed by atoms with E-state index in [4.69, 9.17) is 16.9 Å². The van der Waals surface area contributed by atoms with Crippen LogP contribution in [-0.2, 0) is 11.5 Å². The zero-order chi connectivity index (χ0) is 30.8. The number of carboxylic acid groups (broad SMARTS) is 1. The Kier molecular flexibility index (Phi) is 8.27. The monoisotopic (exact) mass is 598 g/mol. The van der Waals surface area contributed by atoms with Crippen molar-refractivity contribution in [2.75, 3.05) is 24.0 Å². The summed E-state index contributed by atoms with van der Waals surface area (Å²) in [7, 11) is 3.90. The van der Waals surface area contributed by atoms with Crippen molar-refractivity contribution in [3.63, 3.8) is 0 Å². The van der Waals surface area contributed by atoms with Crippen LogP contribution < -0.4 is 26.2 Å². The van der Waals surface area contributed by atoms with Gasteiger partial charge in [-0.2, -0.15) is 5.01 Å². The van der Waals surface area contributed by atoms with E-state index in [0.717, 1.165) is 16.3 Å². The number of rotatable bonds is 8. The molecule has 3 aromatic carbocycles. The summed E-state index contributed by atoms with van der Waals surface area (Å²) < 4.78 is 1.17. The summed E-state index contributed by atoms with van der Waals surface area (Å²) in [5, 5.41) is 24.5. The van der Waals surface area contributed by atoms with Crippen molar-refractivity contribution in [2.45, 2.75) is 13.5 Å². The Morgan fingerprint density at radius 3 is 2.49 bits per heavy atom. The van der Waals surface area contributed by atoms with Crippen LogP contribution in [0.2, 0.25) is 5.02 Å². The van der Waals surface area contributed by atoms with Crippen molar-refractivity contribution in [3.05, 3.63) is 127 Å². The zero-order valence-electron chi connectivity index (χ0n) is 23.5. The van der Waals surface area contributed by atoms with E-state index >= 15 is 0 Å². The SMILES string of the molecule is Cc1c2c(n(-c3cc(C(=O)O)ccc3Cl)c(=O)/c1=C/C=C/c1ccc(N(C)C)cc1)=NN(c1cccc(COO)c1)C2=O. The topological polar surface area (TPSA) is 125 Å². The molecular weight excluding hydrogens is 572 g/mol. The minimum absolute atomic E-state index is 0.0150. The van der Waals surface area contributed by atoms with Gasteiger partial charge in [-0.1, -0.05) is 48.0 Å². The van der Waals surface area contributed by atoms with Crippen LogP contribution in [-0.4, -0.2) is 40.9 Å². The zero-order valence-corrected chi connectivity index (χ0v) is 24.2. The normalized spacial score (nSPS) is 13.0. The number of carboxylic acids is 1. The Balaban J connectivity index is 1.73. The van der Waals surface area contributed by atoms with Gasteiger partial charge in [0.1, 0.15) is 6.61 Å². The van der Waals surface area contributed by atoms with Crippen LogP contribution in [0.1, 0.15) is 37.4 Å². The van der Waals surface area contributed by atoms with E-state index in [1.807, 2.05) is 49.3 Å². The molecule has 43 heavy (non-hydrogen) atoms. The molecule has 0 radical (unpaired) electrons. The van der Waals surface area contributed by atoms with Gasteiger partial charge in [0.25, 0.3) is 11.5 Å². The maximum atomic E-state index is 14.1. The van der Waals surface area contributed by atoms with Gasteiger partial charge in [0, 0.05) is 25.0 Å². The second-order valence-corrected chi connectivity index (χ2v) is 10.4. The number of fused-ring (bicyclic) bond motifs is 1. The molecule has 2 N–H and O–H groups in total. The number of nitrogens with zero attached hydrogens (tertiary/aromatic N) is 4. The average Bonchev–Trinajstić information content (AvgIpc) is 3.33. The Morgan fingerprint density at radius 1 is 1.07 bits per heavy atom. The van der Waals surface area contributed by atoms with Crippen molar-refractivity contribution >= 4 is 47.0 Å². The van der Waals surface area contributed by atoms with Crippen LogP contribution in [0.15, 0.2) is 82.7 Å². The number of carbonyl (C=O) groups excluding carboxylic acids is 1. The first-order chi connectivity index (χ1) is 20.6. The molecule has 218 valence electrons. The van der Waals surface area contributed by atoms with Gasteiger partial charge in [0.15, 0.2) is 5.49 Å². The minimum Gasteiger partial charge on any atom is -0.478 e. The highest BCUT2D eigenvalue weighted by atomic mass is 35.5. The third-order valence-corrected chi connectivity index (χ3v) is 7.35. The van der Waals surface area contributed by atoms with E-state index in [0.29, 0.717) is 16.8 Å². The summed E-state index contributed by atoms with van der Waals surface area (Å²) in [6.07, 6.45) is 5.16. The molecule has 0 spiro atoms. The third kappa shape index (κ3) is 5.71. The number of anilines is 2. The van der Waals surface area contributed by atoms with Crippen LogP contribution in [0.5, 0.6) is 0 Å². The second-order valence-electron chi connectivity index (χ2n) is 10.0. The number of carbonyl (C=O) groups is 2. The third-order valence-electron chi connectivity index (χ3n) is 7.03. The van der Waals surface area contributed by atoms with E-state index in [-0.39, 0.29) is 39.2 Å². The first-order valence-electron chi connectivity index (χ1n) is 13.1. The van der Waals surface area contributed by atoms with Gasteiger partial charge >= 0.3 is 5.97 Å². The van der Waals surface area contributed by atoms with Crippen LogP contribution in [0.3, 0.4) is 0 Å². The predicted molar refractivity (Wildman–Crippen MR) is 164 cm³/mol. The van der Waals surface area contributed by atoms with E-state index in [1.54, 1.807) is 43.3 Å². The fraction of sp³-hybridized carbons (Fsp3) is 0.125. The van der Waals surface area contributed by atoms with Crippen molar-refractivity contribution < 1.29 is 24.8 Å². The van der Waals surface area contributed by atoms with Gasteiger partial charge in [0.2, 0.25) is 0 Å². The molecule has 11 heteroatoms. The number of benzene rings is 3. The molecular formula is C32H27ClN4O6. The molecule has 0 unspecified atom stereocenters. The lowest BCUT2D eigenvalue weighted by Gasteiger charge is -2.13. The van der Waals surface area contributed by atoms with Crippen molar-refractivity contribution in [1.29, 1.82) is 0 Å². The number of aromatic carboxylic acids is 1. The summed E-state index contributed by atoms with van der Waals surface area (Å²) in [6, 6.07) is 18.5. The fourth-order valence-corrected chi connectivity index (χ4v) is 4.99. The van der Waals surface area contributed by atoms with Gasteiger partial charge in [-0.3, -0.25) is 19.4 Å². The first kappa shape index (κ1) is 29.5. The molecule has 0 saturated carbocycles. The van der Waals surface area contributed by atoms with Crippen molar-refractivity contribution in [2.24, 2.45) is 5.10 Å². The van der Waals surface area contributed by atoms with E-state index < -0.39 is 17.4 Å². The lowest BCUT2D eigenvalue weighted by atomic mass is 10.1. The molecule has 0 bridgehead atoms. The van der Waals surface area contributed by atoms with Crippen LogP contribution in [0.25, 0.3) is 17.8 Å². The quantitative estimate of drug-likeness (QED) is 0.230. The average molecular weight is 599 g/mol. The Morgan fingerprint density at radius 2 is 1.81 bits per heavy atom. The van der Waals surface area contributed by atoms with E-state index in [1.165, 1.54) is 22.8 Å². The van der Waals surface area contributed by atoms with Gasteiger partial charge in [-0.25, -0.2) is 9.68 Å². The fourth-order valence-electron chi connectivity index (χ4n) is 4.79.